The molecule has 5 heteroatoms. The fourth-order valence-electron chi connectivity index (χ4n) is 2.06. The number of nitrogens with two attached hydrogens (primary N) is 1. The molecule has 1 aromatic rings. The number of hydrogen-bond acceptors (Lipinski definition) is 3. The van der Waals surface area contributed by atoms with Crippen molar-refractivity contribution in [2.45, 2.75) is 52.0 Å². The Morgan fingerprint density at radius 1 is 1.26 bits per heavy atom. The summed E-state index contributed by atoms with van der Waals surface area (Å²) in [5, 5.41) is 3.13. The van der Waals surface area contributed by atoms with E-state index in [9.17, 15) is 4.79 Å². The maximum Gasteiger partial charge on any atom is 0.226 e. The van der Waals surface area contributed by atoms with Gasteiger partial charge in [0.05, 0.1) is 18.3 Å². The summed E-state index contributed by atoms with van der Waals surface area (Å²) in [5.74, 6) is 0.0258. The lowest BCUT2D eigenvalue weighted by molar-refractivity contribution is -0.122. The monoisotopic (exact) mass is 285 g/mol. The number of anilines is 1. The summed E-state index contributed by atoms with van der Waals surface area (Å²) in [6.45, 7) is 6.32. The fourth-order valence-corrected chi connectivity index (χ4v) is 2.06. The summed E-state index contributed by atoms with van der Waals surface area (Å²) in [7, 11) is 0. The van der Waals surface area contributed by atoms with Crippen molar-refractivity contribution < 1.29 is 4.79 Å². The molecule has 0 aliphatic rings. The first-order chi connectivity index (χ1) is 8.55. The van der Waals surface area contributed by atoms with Gasteiger partial charge in [-0.2, -0.15) is 0 Å². The molecule has 0 radical (unpaired) electrons. The lowest BCUT2D eigenvalue weighted by Crippen LogP contribution is -2.47. The van der Waals surface area contributed by atoms with Crippen molar-refractivity contribution in [3.05, 3.63) is 24.0 Å². The molecule has 19 heavy (non-hydrogen) atoms. The number of nitrogen functional groups attached to an aromatic ring is 1. The van der Waals surface area contributed by atoms with Crippen LogP contribution in [0.5, 0.6) is 0 Å². The van der Waals surface area contributed by atoms with Gasteiger partial charge >= 0.3 is 0 Å². The normalized spacial score (nSPS) is 10.7. The number of carbonyl (C=O) groups is 1. The fraction of sp³-hybridized carbons (Fsp3) is 0.571. The molecule has 0 aromatic carbocycles. The van der Waals surface area contributed by atoms with Crippen molar-refractivity contribution in [1.82, 2.24) is 10.3 Å². The van der Waals surface area contributed by atoms with Crippen molar-refractivity contribution in [2.24, 2.45) is 0 Å². The number of rotatable bonds is 6. The third-order valence-corrected chi connectivity index (χ3v) is 3.62. The molecule has 0 bridgehead atoms. The van der Waals surface area contributed by atoms with Crippen LogP contribution in [0, 0.1) is 0 Å². The minimum atomic E-state index is -0.0785. The van der Waals surface area contributed by atoms with Crippen molar-refractivity contribution in [1.29, 1.82) is 0 Å². The number of aromatic nitrogens is 1. The van der Waals surface area contributed by atoms with Crippen LogP contribution in [0.3, 0.4) is 0 Å². The van der Waals surface area contributed by atoms with Gasteiger partial charge in [-0.3, -0.25) is 9.78 Å². The van der Waals surface area contributed by atoms with Crippen LogP contribution in [-0.4, -0.2) is 16.4 Å². The second kappa shape index (κ2) is 8.00. The summed E-state index contributed by atoms with van der Waals surface area (Å²) in [4.78, 5) is 16.1. The Morgan fingerprint density at radius 3 is 2.26 bits per heavy atom. The Kier molecular flexibility index (Phi) is 7.45. The first kappa shape index (κ1) is 17.7. The second-order valence-corrected chi connectivity index (χ2v) is 4.65. The number of carbonyl (C=O) groups excluding carboxylic acids is 1. The van der Waals surface area contributed by atoms with E-state index >= 15 is 0 Å². The molecule has 0 aliphatic carbocycles. The molecular weight excluding hydrogens is 262 g/mol. The SMILES string of the molecule is CCC(CC)(CC)NC(=O)Cc1ccc(N)cn1.Cl. The topological polar surface area (TPSA) is 68.0 Å². The smallest absolute Gasteiger partial charge is 0.226 e. The highest BCUT2D eigenvalue weighted by atomic mass is 35.5. The largest absolute Gasteiger partial charge is 0.397 e. The van der Waals surface area contributed by atoms with Crippen molar-refractivity contribution in [3.63, 3.8) is 0 Å². The minimum absolute atomic E-state index is 0. The molecule has 108 valence electrons. The van der Waals surface area contributed by atoms with Gasteiger partial charge < -0.3 is 11.1 Å². The highest BCUT2D eigenvalue weighted by Crippen LogP contribution is 2.19. The standard InChI is InChI=1S/C14H23N3O.ClH/c1-4-14(5-2,6-3)17-13(18)9-12-8-7-11(15)10-16-12;/h7-8,10H,4-6,9,15H2,1-3H3,(H,17,18);1H. The van der Waals surface area contributed by atoms with Gasteiger partial charge in [-0.05, 0) is 31.4 Å². The lowest BCUT2D eigenvalue weighted by Gasteiger charge is -2.31. The molecule has 1 amide bonds. The van der Waals surface area contributed by atoms with Crippen molar-refractivity contribution in [3.8, 4) is 0 Å². The van der Waals surface area contributed by atoms with E-state index in [0.717, 1.165) is 25.0 Å². The van der Waals surface area contributed by atoms with Gasteiger partial charge in [-0.1, -0.05) is 20.8 Å². The summed E-state index contributed by atoms with van der Waals surface area (Å²) in [6.07, 6.45) is 4.72. The van der Waals surface area contributed by atoms with Crippen LogP contribution in [-0.2, 0) is 11.2 Å². The highest BCUT2D eigenvalue weighted by molar-refractivity contribution is 5.85. The molecule has 0 saturated heterocycles. The molecule has 3 N–H and O–H groups in total. The van der Waals surface area contributed by atoms with E-state index in [1.807, 2.05) is 0 Å². The number of halogens is 1. The molecule has 0 saturated carbocycles. The molecule has 1 aromatic heterocycles. The van der Waals surface area contributed by atoms with Crippen molar-refractivity contribution in [2.75, 3.05) is 5.73 Å². The van der Waals surface area contributed by atoms with Crippen LogP contribution < -0.4 is 11.1 Å². The number of hydrogen-bond donors (Lipinski definition) is 2. The first-order valence-corrected chi connectivity index (χ1v) is 6.56. The average Bonchev–Trinajstić information content (AvgIpc) is 2.39. The Morgan fingerprint density at radius 2 is 1.84 bits per heavy atom. The van der Waals surface area contributed by atoms with Gasteiger partial charge in [0.15, 0.2) is 0 Å². The van der Waals surface area contributed by atoms with Gasteiger partial charge in [-0.25, -0.2) is 0 Å². The zero-order valence-corrected chi connectivity index (χ0v) is 12.7. The number of nitrogens with one attached hydrogen (secondary N) is 1. The molecular formula is C14H24ClN3O. The quantitative estimate of drug-likeness (QED) is 0.844. The molecule has 1 rings (SSSR count). The van der Waals surface area contributed by atoms with Crippen LogP contribution in [0.4, 0.5) is 5.69 Å². The zero-order valence-electron chi connectivity index (χ0n) is 11.9. The zero-order chi connectivity index (χ0) is 13.6. The van der Waals surface area contributed by atoms with Gasteiger partial charge in [0.1, 0.15) is 0 Å². The van der Waals surface area contributed by atoms with E-state index in [4.69, 9.17) is 5.73 Å². The summed E-state index contributed by atoms with van der Waals surface area (Å²) in [6, 6.07) is 3.56. The van der Waals surface area contributed by atoms with Crippen LogP contribution in [0.2, 0.25) is 0 Å². The number of pyridine rings is 1. The predicted molar refractivity (Wildman–Crippen MR) is 81.3 cm³/mol. The van der Waals surface area contributed by atoms with Gasteiger partial charge in [0.25, 0.3) is 0 Å². The molecule has 0 atom stereocenters. The maximum atomic E-state index is 12.0. The van der Waals surface area contributed by atoms with E-state index in [0.29, 0.717) is 12.1 Å². The minimum Gasteiger partial charge on any atom is -0.397 e. The molecule has 0 unspecified atom stereocenters. The Hall–Kier alpha value is -1.29. The van der Waals surface area contributed by atoms with Crippen LogP contribution in [0.1, 0.15) is 45.7 Å². The van der Waals surface area contributed by atoms with E-state index in [-0.39, 0.29) is 23.9 Å². The third-order valence-electron chi connectivity index (χ3n) is 3.62. The Labute approximate surface area is 121 Å². The Bertz CT molecular complexity index is 380. The highest BCUT2D eigenvalue weighted by Gasteiger charge is 2.25. The van der Waals surface area contributed by atoms with E-state index in [1.54, 1.807) is 18.3 Å². The molecule has 0 spiro atoms. The van der Waals surface area contributed by atoms with E-state index in [1.165, 1.54) is 0 Å². The Balaban J connectivity index is 0.00000324. The molecule has 0 aliphatic heterocycles. The molecule has 0 fully saturated rings. The van der Waals surface area contributed by atoms with Gasteiger partial charge in [-0.15, -0.1) is 12.4 Å². The number of amides is 1. The van der Waals surface area contributed by atoms with Gasteiger partial charge in [0, 0.05) is 11.2 Å². The van der Waals surface area contributed by atoms with Gasteiger partial charge in [0.2, 0.25) is 5.91 Å². The van der Waals surface area contributed by atoms with Crippen LogP contribution in [0.15, 0.2) is 18.3 Å². The van der Waals surface area contributed by atoms with Crippen molar-refractivity contribution >= 4 is 24.0 Å². The summed E-state index contributed by atoms with van der Waals surface area (Å²) >= 11 is 0. The van der Waals surface area contributed by atoms with Crippen LogP contribution in [0.25, 0.3) is 0 Å². The lowest BCUT2D eigenvalue weighted by atomic mass is 9.89. The predicted octanol–water partition coefficient (Wildman–Crippen LogP) is 2.71. The summed E-state index contributed by atoms with van der Waals surface area (Å²) in [5.41, 5.74) is 6.85. The number of nitrogens with zero attached hydrogens (tertiary/aromatic N) is 1. The molecule has 1 heterocycles. The second-order valence-electron chi connectivity index (χ2n) is 4.65. The first-order valence-electron chi connectivity index (χ1n) is 6.56. The van der Waals surface area contributed by atoms with E-state index < -0.39 is 0 Å². The summed E-state index contributed by atoms with van der Waals surface area (Å²) < 4.78 is 0. The van der Waals surface area contributed by atoms with Crippen LogP contribution >= 0.6 is 12.4 Å². The van der Waals surface area contributed by atoms with E-state index in [2.05, 4.69) is 31.1 Å². The average molecular weight is 286 g/mol. The molecule has 4 nitrogen and oxygen atoms in total. The maximum absolute atomic E-state index is 12.0. The third kappa shape index (κ3) is 5.07.